The summed E-state index contributed by atoms with van der Waals surface area (Å²) >= 11 is 0. The third-order valence-electron chi connectivity index (χ3n) is 2.49. The number of halogens is 1. The summed E-state index contributed by atoms with van der Waals surface area (Å²) in [5, 5.41) is 2.53. The van der Waals surface area contributed by atoms with Gasteiger partial charge in [-0.25, -0.2) is 13.4 Å². The van der Waals surface area contributed by atoms with E-state index in [0.29, 0.717) is 25.3 Å². The highest BCUT2D eigenvalue weighted by Gasteiger charge is 2.30. The van der Waals surface area contributed by atoms with Crippen molar-refractivity contribution in [1.82, 2.24) is 5.32 Å². The Morgan fingerprint density at radius 1 is 1.59 bits per heavy atom. The van der Waals surface area contributed by atoms with Crippen molar-refractivity contribution in [2.75, 3.05) is 18.8 Å². The molecule has 1 aliphatic rings. The van der Waals surface area contributed by atoms with Crippen LogP contribution in [0.5, 0.6) is 0 Å². The van der Waals surface area contributed by atoms with Crippen LogP contribution in [0.3, 0.4) is 0 Å². The number of hydrogen-bond donors (Lipinski definition) is 2. The van der Waals surface area contributed by atoms with Gasteiger partial charge in [-0.3, -0.25) is 0 Å². The first-order valence-corrected chi connectivity index (χ1v) is 7.03. The lowest BCUT2D eigenvalue weighted by Crippen LogP contribution is -2.39. The maximum absolute atomic E-state index is 11.5. The van der Waals surface area contributed by atoms with Crippen LogP contribution >= 0.6 is 24.0 Å². The van der Waals surface area contributed by atoms with Crippen molar-refractivity contribution in [3.8, 4) is 0 Å². The highest BCUT2D eigenvalue weighted by Crippen LogP contribution is 2.18. The second kappa shape index (κ2) is 7.20. The molecule has 0 spiro atoms. The number of guanidine groups is 1. The maximum atomic E-state index is 11.5. The van der Waals surface area contributed by atoms with Gasteiger partial charge in [0.1, 0.15) is 0 Å². The molecule has 1 aliphatic heterocycles. The first-order chi connectivity index (χ1) is 7.42. The van der Waals surface area contributed by atoms with E-state index in [4.69, 9.17) is 5.73 Å². The van der Waals surface area contributed by atoms with Gasteiger partial charge >= 0.3 is 0 Å². The summed E-state index contributed by atoms with van der Waals surface area (Å²) in [6, 6.07) is 0. The average molecular weight is 373 g/mol. The first kappa shape index (κ1) is 16.7. The van der Waals surface area contributed by atoms with Crippen LogP contribution in [0.1, 0.15) is 19.8 Å². The van der Waals surface area contributed by atoms with E-state index in [2.05, 4.69) is 16.9 Å². The van der Waals surface area contributed by atoms with E-state index in [-0.39, 0.29) is 35.2 Å². The molecule has 17 heavy (non-hydrogen) atoms. The molecule has 0 aromatic carbocycles. The summed E-state index contributed by atoms with van der Waals surface area (Å²) in [6.07, 6.45) is 1.46. The van der Waals surface area contributed by atoms with Crippen molar-refractivity contribution in [3.05, 3.63) is 12.2 Å². The second-order valence-electron chi connectivity index (χ2n) is 4.17. The van der Waals surface area contributed by atoms with Gasteiger partial charge in [-0.1, -0.05) is 12.2 Å². The van der Waals surface area contributed by atoms with E-state index < -0.39 is 9.84 Å². The minimum Gasteiger partial charge on any atom is -0.370 e. The SMILES string of the molecule is C=C(C)CN=C(N)NCC1CCCS1(=O)=O.I. The van der Waals surface area contributed by atoms with Crippen molar-refractivity contribution < 1.29 is 8.42 Å². The molecular formula is C10H20IN3O2S. The predicted octanol–water partition coefficient (Wildman–Crippen LogP) is 0.662. The number of rotatable bonds is 4. The molecule has 5 nitrogen and oxygen atoms in total. The fourth-order valence-corrected chi connectivity index (χ4v) is 3.35. The molecule has 0 aromatic heterocycles. The molecule has 1 atom stereocenters. The van der Waals surface area contributed by atoms with Gasteiger partial charge in [0.15, 0.2) is 15.8 Å². The summed E-state index contributed by atoms with van der Waals surface area (Å²) < 4.78 is 23.0. The van der Waals surface area contributed by atoms with Crippen LogP contribution in [0.2, 0.25) is 0 Å². The molecular weight excluding hydrogens is 353 g/mol. The molecule has 0 aromatic rings. The quantitative estimate of drug-likeness (QED) is 0.328. The number of hydrogen-bond acceptors (Lipinski definition) is 3. The largest absolute Gasteiger partial charge is 0.370 e. The maximum Gasteiger partial charge on any atom is 0.188 e. The Labute approximate surface area is 120 Å². The van der Waals surface area contributed by atoms with Crippen molar-refractivity contribution in [2.24, 2.45) is 10.7 Å². The standard InChI is InChI=1S/C10H19N3O2S.HI/c1-8(2)6-12-10(11)13-7-9-4-3-5-16(9,14)15;/h9H,1,3-7H2,2H3,(H3,11,12,13);1H. The summed E-state index contributed by atoms with van der Waals surface area (Å²) in [5.41, 5.74) is 6.51. The lowest BCUT2D eigenvalue weighted by atomic mass is 10.2. The molecule has 0 saturated carbocycles. The minimum atomic E-state index is -2.90. The zero-order chi connectivity index (χ0) is 12.2. The molecule has 0 bridgehead atoms. The molecule has 1 fully saturated rings. The van der Waals surface area contributed by atoms with Gasteiger partial charge in [0.2, 0.25) is 0 Å². The third kappa shape index (κ3) is 5.71. The molecule has 0 radical (unpaired) electrons. The number of aliphatic imine (C=N–C) groups is 1. The number of nitrogens with zero attached hydrogens (tertiary/aromatic N) is 1. The minimum absolute atomic E-state index is 0. The molecule has 0 amide bonds. The van der Waals surface area contributed by atoms with E-state index >= 15 is 0 Å². The Morgan fingerprint density at radius 3 is 2.71 bits per heavy atom. The van der Waals surface area contributed by atoms with Gasteiger partial charge in [-0.15, -0.1) is 24.0 Å². The first-order valence-electron chi connectivity index (χ1n) is 5.31. The third-order valence-corrected chi connectivity index (χ3v) is 4.77. The Hall–Kier alpha value is -0.310. The fourth-order valence-electron chi connectivity index (χ4n) is 1.58. The summed E-state index contributed by atoms with van der Waals surface area (Å²) in [6.45, 7) is 6.38. The molecule has 3 N–H and O–H groups in total. The van der Waals surface area contributed by atoms with Gasteiger partial charge in [0.05, 0.1) is 17.5 Å². The predicted molar refractivity (Wildman–Crippen MR) is 81.5 cm³/mol. The Bertz CT molecular complexity index is 392. The zero-order valence-electron chi connectivity index (χ0n) is 9.98. The Balaban J connectivity index is 0.00000256. The summed E-state index contributed by atoms with van der Waals surface area (Å²) in [7, 11) is -2.90. The molecule has 100 valence electrons. The second-order valence-corrected chi connectivity index (χ2v) is 6.57. The monoisotopic (exact) mass is 373 g/mol. The Morgan fingerprint density at radius 2 is 2.24 bits per heavy atom. The summed E-state index contributed by atoms with van der Waals surface area (Å²) in [4.78, 5) is 4.02. The molecule has 1 rings (SSSR count). The van der Waals surface area contributed by atoms with E-state index in [9.17, 15) is 8.42 Å². The van der Waals surface area contributed by atoms with Crippen LogP contribution in [-0.2, 0) is 9.84 Å². The molecule has 7 heteroatoms. The van der Waals surface area contributed by atoms with Crippen LogP contribution in [0.4, 0.5) is 0 Å². The Kier molecular flexibility index (Phi) is 7.07. The van der Waals surface area contributed by atoms with Crippen molar-refractivity contribution in [3.63, 3.8) is 0 Å². The molecule has 1 heterocycles. The highest BCUT2D eigenvalue weighted by atomic mass is 127. The van der Waals surface area contributed by atoms with Gasteiger partial charge in [0, 0.05) is 6.54 Å². The smallest absolute Gasteiger partial charge is 0.188 e. The van der Waals surface area contributed by atoms with Crippen LogP contribution in [0.25, 0.3) is 0 Å². The van der Waals surface area contributed by atoms with Crippen LogP contribution in [0, 0.1) is 0 Å². The topological polar surface area (TPSA) is 84.5 Å². The zero-order valence-corrected chi connectivity index (χ0v) is 13.1. The molecule has 0 aliphatic carbocycles. The summed E-state index contributed by atoms with van der Waals surface area (Å²) in [5.74, 6) is 0.576. The average Bonchev–Trinajstić information content (AvgIpc) is 2.51. The normalized spacial score (nSPS) is 22.9. The van der Waals surface area contributed by atoms with Crippen LogP contribution in [-0.4, -0.2) is 38.5 Å². The lowest BCUT2D eigenvalue weighted by Gasteiger charge is -2.11. The lowest BCUT2D eigenvalue weighted by molar-refractivity contribution is 0.586. The van der Waals surface area contributed by atoms with Crippen molar-refractivity contribution >= 4 is 39.8 Å². The molecule has 1 unspecified atom stereocenters. The molecule has 1 saturated heterocycles. The van der Waals surface area contributed by atoms with Gasteiger partial charge in [0.25, 0.3) is 0 Å². The number of nitrogens with one attached hydrogen (secondary N) is 1. The van der Waals surface area contributed by atoms with Crippen molar-refractivity contribution in [1.29, 1.82) is 0 Å². The van der Waals surface area contributed by atoms with Crippen molar-refractivity contribution in [2.45, 2.75) is 25.0 Å². The van der Waals surface area contributed by atoms with Crippen LogP contribution in [0.15, 0.2) is 17.1 Å². The highest BCUT2D eigenvalue weighted by molar-refractivity contribution is 14.0. The van der Waals surface area contributed by atoms with Gasteiger partial charge in [-0.2, -0.15) is 0 Å². The number of sulfone groups is 1. The van der Waals surface area contributed by atoms with E-state index in [1.807, 2.05) is 6.92 Å². The van der Waals surface area contributed by atoms with E-state index in [1.165, 1.54) is 0 Å². The van der Waals surface area contributed by atoms with E-state index in [1.54, 1.807) is 0 Å². The number of nitrogens with two attached hydrogens (primary N) is 1. The fraction of sp³-hybridized carbons (Fsp3) is 0.700. The van der Waals surface area contributed by atoms with Crippen LogP contribution < -0.4 is 11.1 Å². The van der Waals surface area contributed by atoms with E-state index in [0.717, 1.165) is 12.0 Å². The van der Waals surface area contributed by atoms with Gasteiger partial charge in [-0.05, 0) is 19.8 Å². The van der Waals surface area contributed by atoms with Gasteiger partial charge < -0.3 is 11.1 Å².